The van der Waals surface area contributed by atoms with Crippen molar-refractivity contribution in [2.24, 2.45) is 0 Å². The predicted octanol–water partition coefficient (Wildman–Crippen LogP) is 0.958. The van der Waals surface area contributed by atoms with Crippen molar-refractivity contribution < 1.29 is 4.92 Å². The summed E-state index contributed by atoms with van der Waals surface area (Å²) < 4.78 is 0. The van der Waals surface area contributed by atoms with Crippen molar-refractivity contribution in [2.75, 3.05) is 0 Å². The molecule has 1 rings (SSSR count). The molecular weight excluding hydrogens is 180 g/mol. The summed E-state index contributed by atoms with van der Waals surface area (Å²) in [7, 11) is 0. The van der Waals surface area contributed by atoms with Crippen molar-refractivity contribution in [3.63, 3.8) is 0 Å². The van der Waals surface area contributed by atoms with E-state index in [9.17, 15) is 10.1 Å². The SMILES string of the molecule is N#CSc1ncncc1[N+](=O)[O-]. The molecule has 0 saturated heterocycles. The molecule has 12 heavy (non-hydrogen) atoms. The van der Waals surface area contributed by atoms with E-state index in [-0.39, 0.29) is 10.7 Å². The van der Waals surface area contributed by atoms with E-state index in [1.807, 2.05) is 0 Å². The summed E-state index contributed by atoms with van der Waals surface area (Å²) in [6.07, 6.45) is 2.22. The summed E-state index contributed by atoms with van der Waals surface area (Å²) in [4.78, 5) is 16.7. The van der Waals surface area contributed by atoms with Crippen molar-refractivity contribution in [3.8, 4) is 5.40 Å². The van der Waals surface area contributed by atoms with Gasteiger partial charge in [0.15, 0.2) is 5.03 Å². The van der Waals surface area contributed by atoms with Gasteiger partial charge in [0.05, 0.1) is 4.92 Å². The molecule has 0 saturated carbocycles. The fourth-order valence-corrected chi connectivity index (χ4v) is 0.976. The first-order valence-electron chi connectivity index (χ1n) is 2.76. The Bertz CT molecular complexity index is 348. The molecule has 0 spiro atoms. The Morgan fingerprint density at radius 3 is 3.08 bits per heavy atom. The quantitative estimate of drug-likeness (QED) is 0.222. The topological polar surface area (TPSA) is 92.7 Å². The Balaban J connectivity index is 3.10. The third-order valence-corrected chi connectivity index (χ3v) is 1.60. The minimum atomic E-state index is -0.625. The van der Waals surface area contributed by atoms with Crippen LogP contribution in [0.5, 0.6) is 0 Å². The maximum Gasteiger partial charge on any atom is 0.320 e. The fourth-order valence-electron chi connectivity index (χ4n) is 0.558. The normalized spacial score (nSPS) is 8.92. The molecule has 0 amide bonds. The van der Waals surface area contributed by atoms with Crippen molar-refractivity contribution in [1.82, 2.24) is 9.97 Å². The Morgan fingerprint density at radius 1 is 1.75 bits per heavy atom. The average Bonchev–Trinajstić information content (AvgIpc) is 2.05. The second-order valence-corrected chi connectivity index (χ2v) is 2.44. The Labute approximate surface area is 71.4 Å². The van der Waals surface area contributed by atoms with E-state index in [1.54, 1.807) is 5.40 Å². The fraction of sp³-hybridized carbons (Fsp3) is 0. The van der Waals surface area contributed by atoms with Crippen LogP contribution in [0.4, 0.5) is 5.69 Å². The summed E-state index contributed by atoms with van der Waals surface area (Å²) in [5.41, 5.74) is -0.246. The standard InChI is InChI=1S/C5H2N4O2S/c6-2-12-5-4(9(10)11)1-7-3-8-5/h1,3H. The average molecular weight is 182 g/mol. The van der Waals surface area contributed by atoms with Gasteiger partial charge in [-0.1, -0.05) is 0 Å². The lowest BCUT2D eigenvalue weighted by molar-refractivity contribution is -0.388. The predicted molar refractivity (Wildman–Crippen MR) is 40.2 cm³/mol. The summed E-state index contributed by atoms with van der Waals surface area (Å²) in [6, 6.07) is 0. The minimum Gasteiger partial charge on any atom is -0.258 e. The van der Waals surface area contributed by atoms with Gasteiger partial charge in [0.25, 0.3) is 0 Å². The maximum absolute atomic E-state index is 10.3. The van der Waals surface area contributed by atoms with Gasteiger partial charge in [0.2, 0.25) is 0 Å². The van der Waals surface area contributed by atoms with E-state index >= 15 is 0 Å². The summed E-state index contributed by atoms with van der Waals surface area (Å²) >= 11 is 0.643. The Morgan fingerprint density at radius 2 is 2.50 bits per heavy atom. The first-order valence-corrected chi connectivity index (χ1v) is 3.57. The van der Waals surface area contributed by atoms with Gasteiger partial charge in [-0.25, -0.2) is 9.97 Å². The van der Waals surface area contributed by atoms with Crippen LogP contribution in [-0.2, 0) is 0 Å². The molecule has 0 N–H and O–H groups in total. The maximum atomic E-state index is 10.3. The molecule has 0 aliphatic carbocycles. The third kappa shape index (κ3) is 1.67. The van der Waals surface area contributed by atoms with Gasteiger partial charge in [0, 0.05) is 11.8 Å². The molecule has 0 aliphatic rings. The van der Waals surface area contributed by atoms with Crippen LogP contribution in [0.1, 0.15) is 0 Å². The summed E-state index contributed by atoms with van der Waals surface area (Å²) in [5, 5.41) is 20.3. The van der Waals surface area contributed by atoms with Crippen molar-refractivity contribution in [1.29, 1.82) is 5.26 Å². The summed E-state index contributed by atoms with van der Waals surface area (Å²) in [5.74, 6) is 0. The monoisotopic (exact) mass is 182 g/mol. The molecule has 60 valence electrons. The van der Waals surface area contributed by atoms with Gasteiger partial charge in [-0.2, -0.15) is 5.26 Å². The molecule has 0 bridgehead atoms. The van der Waals surface area contributed by atoms with Gasteiger partial charge < -0.3 is 0 Å². The number of thioether (sulfide) groups is 1. The van der Waals surface area contributed by atoms with E-state index < -0.39 is 4.92 Å². The number of rotatable bonds is 2. The number of thiocyanates is 1. The molecular formula is C5H2N4O2S. The molecule has 0 unspecified atom stereocenters. The number of nitro groups is 1. The van der Waals surface area contributed by atoms with Crippen LogP contribution >= 0.6 is 11.8 Å². The highest BCUT2D eigenvalue weighted by molar-refractivity contribution is 8.03. The minimum absolute atomic E-state index is 0.0671. The first kappa shape index (κ1) is 8.42. The van der Waals surface area contributed by atoms with Crippen LogP contribution in [0.15, 0.2) is 17.6 Å². The number of aromatic nitrogens is 2. The molecule has 7 heteroatoms. The number of hydrogen-bond acceptors (Lipinski definition) is 6. The van der Waals surface area contributed by atoms with E-state index in [0.717, 1.165) is 12.5 Å². The molecule has 0 radical (unpaired) electrons. The van der Waals surface area contributed by atoms with E-state index in [0.29, 0.717) is 11.8 Å². The smallest absolute Gasteiger partial charge is 0.258 e. The zero-order valence-corrected chi connectivity index (χ0v) is 6.48. The van der Waals surface area contributed by atoms with E-state index in [4.69, 9.17) is 5.26 Å². The second-order valence-electron chi connectivity index (χ2n) is 1.66. The molecule has 6 nitrogen and oxygen atoms in total. The molecule has 1 heterocycles. The Kier molecular flexibility index (Phi) is 2.55. The highest BCUT2D eigenvalue weighted by Crippen LogP contribution is 2.23. The molecule has 0 aliphatic heterocycles. The lowest BCUT2D eigenvalue weighted by Crippen LogP contribution is -1.93. The van der Waals surface area contributed by atoms with Gasteiger partial charge in [-0.05, 0) is 0 Å². The number of nitrogens with zero attached hydrogens (tertiary/aromatic N) is 4. The largest absolute Gasteiger partial charge is 0.320 e. The number of hydrogen-bond donors (Lipinski definition) is 0. The van der Waals surface area contributed by atoms with Gasteiger partial charge in [0.1, 0.15) is 17.9 Å². The van der Waals surface area contributed by atoms with Crippen LogP contribution in [0.2, 0.25) is 0 Å². The van der Waals surface area contributed by atoms with Crippen LogP contribution in [0, 0.1) is 20.8 Å². The molecule has 1 aromatic heterocycles. The lowest BCUT2D eigenvalue weighted by atomic mass is 10.6. The molecule has 0 atom stereocenters. The van der Waals surface area contributed by atoms with Gasteiger partial charge in [-0.15, -0.1) is 0 Å². The zero-order chi connectivity index (χ0) is 8.97. The number of nitriles is 1. The van der Waals surface area contributed by atoms with Crippen LogP contribution in [0.25, 0.3) is 0 Å². The van der Waals surface area contributed by atoms with Gasteiger partial charge >= 0.3 is 5.69 Å². The van der Waals surface area contributed by atoms with Crippen LogP contribution in [-0.4, -0.2) is 14.9 Å². The molecule has 1 aromatic rings. The molecule has 0 fully saturated rings. The van der Waals surface area contributed by atoms with Crippen LogP contribution in [0.3, 0.4) is 0 Å². The zero-order valence-electron chi connectivity index (χ0n) is 5.67. The lowest BCUT2D eigenvalue weighted by Gasteiger charge is -1.92. The third-order valence-electron chi connectivity index (χ3n) is 0.997. The highest BCUT2D eigenvalue weighted by atomic mass is 32.2. The summed E-state index contributed by atoms with van der Waals surface area (Å²) in [6.45, 7) is 0. The highest BCUT2D eigenvalue weighted by Gasteiger charge is 2.14. The van der Waals surface area contributed by atoms with Gasteiger partial charge in [-0.3, -0.25) is 10.1 Å². The van der Waals surface area contributed by atoms with Crippen LogP contribution < -0.4 is 0 Å². The van der Waals surface area contributed by atoms with Crippen molar-refractivity contribution >= 4 is 17.4 Å². The van der Waals surface area contributed by atoms with E-state index in [1.165, 1.54) is 0 Å². The first-order chi connectivity index (χ1) is 5.75. The Hall–Kier alpha value is -1.68. The molecule has 0 aromatic carbocycles. The van der Waals surface area contributed by atoms with Crippen molar-refractivity contribution in [3.05, 3.63) is 22.6 Å². The van der Waals surface area contributed by atoms with Crippen molar-refractivity contribution in [2.45, 2.75) is 5.03 Å². The second kappa shape index (κ2) is 3.64. The van der Waals surface area contributed by atoms with E-state index in [2.05, 4.69) is 9.97 Å².